The normalized spacial score (nSPS) is 15.4. The maximum atomic E-state index is 13.3. The summed E-state index contributed by atoms with van der Waals surface area (Å²) in [6.45, 7) is 3.07. The second-order valence-corrected chi connectivity index (χ2v) is 7.95. The van der Waals surface area contributed by atoms with Gasteiger partial charge in [0, 0.05) is 18.3 Å². The number of amides is 2. The van der Waals surface area contributed by atoms with Gasteiger partial charge in [-0.2, -0.15) is 0 Å². The van der Waals surface area contributed by atoms with Gasteiger partial charge in [-0.1, -0.05) is 36.4 Å². The summed E-state index contributed by atoms with van der Waals surface area (Å²) in [6, 6.07) is 16.0. The fraction of sp³-hybridized carbons (Fsp3) is 0.391. The summed E-state index contributed by atoms with van der Waals surface area (Å²) in [6.07, 6.45) is 2.33. The average Bonchev–Trinajstić information content (AvgIpc) is 3.51. The molecular formula is C23H29FN3O2+. The molecule has 154 valence electrons. The van der Waals surface area contributed by atoms with Crippen LogP contribution in [0.4, 0.5) is 10.1 Å². The van der Waals surface area contributed by atoms with E-state index >= 15 is 0 Å². The first kappa shape index (κ1) is 21.0. The second-order valence-electron chi connectivity index (χ2n) is 7.95. The minimum atomic E-state index is -0.399. The van der Waals surface area contributed by atoms with Gasteiger partial charge in [0.15, 0.2) is 13.1 Å². The summed E-state index contributed by atoms with van der Waals surface area (Å²) < 4.78 is 13.3. The van der Waals surface area contributed by atoms with Crippen LogP contribution in [0.2, 0.25) is 0 Å². The molecule has 1 fully saturated rings. The van der Waals surface area contributed by atoms with E-state index in [0.717, 1.165) is 10.5 Å². The topological polar surface area (TPSA) is 53.9 Å². The number of nitrogens with zero attached hydrogens (tertiary/aromatic N) is 1. The Hall–Kier alpha value is -2.73. The minimum Gasteiger partial charge on any atom is -0.331 e. The lowest BCUT2D eigenvalue weighted by atomic mass is 10.1. The molecule has 3 rings (SSSR count). The van der Waals surface area contributed by atoms with Gasteiger partial charge in [-0.25, -0.2) is 4.39 Å². The van der Waals surface area contributed by atoms with Crippen LogP contribution in [0, 0.1) is 11.7 Å². The van der Waals surface area contributed by atoms with Gasteiger partial charge in [-0.3, -0.25) is 9.59 Å². The Labute approximate surface area is 171 Å². The van der Waals surface area contributed by atoms with Crippen LogP contribution in [0.25, 0.3) is 0 Å². The summed E-state index contributed by atoms with van der Waals surface area (Å²) in [7, 11) is 1.82. The van der Waals surface area contributed by atoms with Crippen LogP contribution in [0.1, 0.15) is 25.3 Å². The third kappa shape index (κ3) is 6.39. The van der Waals surface area contributed by atoms with E-state index in [4.69, 9.17) is 0 Å². The number of halogens is 1. The Morgan fingerprint density at radius 3 is 2.52 bits per heavy atom. The molecule has 2 aromatic rings. The number of likely N-dealkylation sites (N-methyl/N-ethyl adjacent to an activating group) is 1. The zero-order valence-corrected chi connectivity index (χ0v) is 17.0. The highest BCUT2D eigenvalue weighted by Gasteiger charge is 2.35. The van der Waals surface area contributed by atoms with Gasteiger partial charge in [0.1, 0.15) is 5.82 Å². The molecule has 2 amide bonds. The van der Waals surface area contributed by atoms with Crippen molar-refractivity contribution in [3.05, 3.63) is 66.0 Å². The molecule has 0 heterocycles. The molecule has 0 saturated heterocycles. The number of quaternary nitrogens is 1. The van der Waals surface area contributed by atoms with Crippen LogP contribution >= 0.6 is 0 Å². The number of rotatable bonds is 9. The quantitative estimate of drug-likeness (QED) is 0.680. The van der Waals surface area contributed by atoms with E-state index in [9.17, 15) is 14.0 Å². The van der Waals surface area contributed by atoms with E-state index in [2.05, 4.69) is 12.2 Å². The monoisotopic (exact) mass is 398 g/mol. The molecule has 1 saturated carbocycles. The number of carbonyl (C=O) groups excluding carboxylic acids is 2. The van der Waals surface area contributed by atoms with E-state index in [1.807, 2.05) is 42.3 Å². The highest BCUT2D eigenvalue weighted by molar-refractivity contribution is 5.91. The molecule has 5 nitrogen and oxygen atoms in total. The Kier molecular flexibility index (Phi) is 6.99. The number of nitrogens with one attached hydrogen (secondary N) is 2. The Bertz CT molecular complexity index is 839. The lowest BCUT2D eigenvalue weighted by molar-refractivity contribution is -0.862. The van der Waals surface area contributed by atoms with Crippen LogP contribution in [-0.2, 0) is 16.1 Å². The van der Waals surface area contributed by atoms with Crippen LogP contribution in [0.15, 0.2) is 54.6 Å². The molecule has 1 aliphatic rings. The zero-order valence-electron chi connectivity index (χ0n) is 17.0. The number of hydrogen-bond acceptors (Lipinski definition) is 2. The van der Waals surface area contributed by atoms with Gasteiger partial charge in [0.05, 0.1) is 7.05 Å². The predicted octanol–water partition coefficient (Wildman–Crippen LogP) is 2.11. The molecule has 2 aromatic carbocycles. The summed E-state index contributed by atoms with van der Waals surface area (Å²) in [5.74, 6) is -0.0291. The predicted molar refractivity (Wildman–Crippen MR) is 111 cm³/mol. The number of carbonyl (C=O) groups is 2. The molecule has 29 heavy (non-hydrogen) atoms. The van der Waals surface area contributed by atoms with Crippen molar-refractivity contribution in [2.24, 2.45) is 5.92 Å². The molecule has 1 unspecified atom stereocenters. The Balaban J connectivity index is 1.56. The third-order valence-electron chi connectivity index (χ3n) is 5.34. The fourth-order valence-corrected chi connectivity index (χ4v) is 3.54. The van der Waals surface area contributed by atoms with Gasteiger partial charge in [-0.15, -0.1) is 0 Å². The van der Waals surface area contributed by atoms with Gasteiger partial charge in [0.2, 0.25) is 0 Å². The first-order chi connectivity index (χ1) is 13.9. The molecule has 0 aliphatic heterocycles. The molecule has 2 atom stereocenters. The van der Waals surface area contributed by atoms with Gasteiger partial charge in [-0.05, 0) is 49.4 Å². The largest absolute Gasteiger partial charge is 0.331 e. The van der Waals surface area contributed by atoms with Crippen molar-refractivity contribution in [1.82, 2.24) is 4.90 Å². The van der Waals surface area contributed by atoms with Crippen molar-refractivity contribution in [1.29, 1.82) is 0 Å². The Morgan fingerprint density at radius 2 is 1.86 bits per heavy atom. The lowest BCUT2D eigenvalue weighted by Crippen LogP contribution is -3.11. The summed E-state index contributed by atoms with van der Waals surface area (Å²) in [5.41, 5.74) is 1.53. The van der Waals surface area contributed by atoms with Crippen LogP contribution in [0.5, 0.6) is 0 Å². The number of anilines is 1. The highest BCUT2D eigenvalue weighted by atomic mass is 19.1. The second kappa shape index (κ2) is 9.65. The summed E-state index contributed by atoms with van der Waals surface area (Å²) in [4.78, 5) is 28.0. The molecule has 0 spiro atoms. The van der Waals surface area contributed by atoms with E-state index in [1.54, 1.807) is 12.1 Å². The molecule has 0 radical (unpaired) electrons. The Morgan fingerprint density at radius 1 is 1.14 bits per heavy atom. The number of hydrogen-bond donors (Lipinski definition) is 2. The van der Waals surface area contributed by atoms with Gasteiger partial charge in [0.25, 0.3) is 11.8 Å². The van der Waals surface area contributed by atoms with Crippen molar-refractivity contribution in [2.75, 3.05) is 25.5 Å². The van der Waals surface area contributed by atoms with Crippen LogP contribution in [0.3, 0.4) is 0 Å². The zero-order chi connectivity index (χ0) is 20.8. The molecular weight excluding hydrogens is 369 g/mol. The van der Waals surface area contributed by atoms with Gasteiger partial charge < -0.3 is 15.1 Å². The van der Waals surface area contributed by atoms with Crippen molar-refractivity contribution in [2.45, 2.75) is 32.4 Å². The molecule has 2 N–H and O–H groups in total. The van der Waals surface area contributed by atoms with Crippen molar-refractivity contribution in [3.8, 4) is 0 Å². The van der Waals surface area contributed by atoms with Crippen LogP contribution < -0.4 is 10.2 Å². The standard InChI is InChI=1S/C23H28FN3O2/c1-17(19-11-12-19)27(14-18-7-4-3-5-8-18)23(29)16-26(2)15-22(28)25-21-10-6-9-20(24)13-21/h3-10,13,17,19H,11-12,14-16H2,1-2H3,(H,25,28)/p+1/t17-/m0/s1. The SMILES string of the molecule is C[C@@H](C1CC1)N(Cc1ccccc1)C(=O)C[NH+](C)CC(=O)Nc1cccc(F)c1. The molecule has 0 aromatic heterocycles. The van der Waals surface area contributed by atoms with Crippen molar-refractivity contribution < 1.29 is 18.9 Å². The lowest BCUT2D eigenvalue weighted by Gasteiger charge is -2.30. The molecule has 6 heteroatoms. The van der Waals surface area contributed by atoms with Crippen molar-refractivity contribution >= 4 is 17.5 Å². The maximum absolute atomic E-state index is 13.3. The first-order valence-corrected chi connectivity index (χ1v) is 10.1. The van der Waals surface area contributed by atoms with E-state index in [0.29, 0.717) is 18.2 Å². The average molecular weight is 399 g/mol. The molecule has 1 aliphatic carbocycles. The van der Waals surface area contributed by atoms with E-state index in [-0.39, 0.29) is 30.9 Å². The summed E-state index contributed by atoms with van der Waals surface area (Å²) >= 11 is 0. The first-order valence-electron chi connectivity index (χ1n) is 10.1. The number of benzene rings is 2. The third-order valence-corrected chi connectivity index (χ3v) is 5.34. The van der Waals surface area contributed by atoms with E-state index < -0.39 is 5.82 Å². The highest BCUT2D eigenvalue weighted by Crippen LogP contribution is 2.35. The maximum Gasteiger partial charge on any atom is 0.279 e. The fourth-order valence-electron chi connectivity index (χ4n) is 3.54. The summed E-state index contributed by atoms with van der Waals surface area (Å²) in [5, 5.41) is 2.68. The van der Waals surface area contributed by atoms with Gasteiger partial charge >= 0.3 is 0 Å². The minimum absolute atomic E-state index is 0.0457. The van der Waals surface area contributed by atoms with Crippen molar-refractivity contribution in [3.63, 3.8) is 0 Å². The van der Waals surface area contributed by atoms with Crippen LogP contribution in [-0.4, -0.2) is 42.9 Å². The smallest absolute Gasteiger partial charge is 0.279 e. The molecule has 0 bridgehead atoms. The van der Waals surface area contributed by atoms with E-state index in [1.165, 1.54) is 25.0 Å².